The summed E-state index contributed by atoms with van der Waals surface area (Å²) >= 11 is 14.3. The lowest BCUT2D eigenvalue weighted by molar-refractivity contribution is -0.144. The number of piperazine rings is 1. The van der Waals surface area contributed by atoms with Crippen LogP contribution in [0.5, 0.6) is 17.2 Å². The van der Waals surface area contributed by atoms with Crippen LogP contribution in [0.3, 0.4) is 0 Å². The third-order valence-corrected chi connectivity index (χ3v) is 15.5. The monoisotopic (exact) mass is 1100 g/mol. The number of thiazole rings is 1. The van der Waals surface area contributed by atoms with Crippen LogP contribution in [0.15, 0.2) is 60.2 Å². The molecular weight excluding hydrogens is 1030 g/mol. The molecule has 7 rings (SSSR count). The van der Waals surface area contributed by atoms with Gasteiger partial charge in [0.1, 0.15) is 23.9 Å². The molecule has 3 aromatic carbocycles. The number of aryl methyl sites for hydroxylation is 1. The molecule has 5 aromatic rings. The van der Waals surface area contributed by atoms with Gasteiger partial charge in [0.2, 0.25) is 23.6 Å². The number of benzene rings is 3. The maximum atomic E-state index is 14.1. The first kappa shape index (κ1) is 57.5. The first-order valence-corrected chi connectivity index (χ1v) is 27.5. The molecule has 2 aliphatic heterocycles. The number of aromatic nitrogens is 2. The van der Waals surface area contributed by atoms with Crippen molar-refractivity contribution in [3.05, 3.63) is 87.1 Å². The highest BCUT2D eigenvalue weighted by Crippen LogP contribution is 2.41. The number of ether oxygens (including phenoxy) is 3. The van der Waals surface area contributed by atoms with Gasteiger partial charge in [0.05, 0.1) is 75.5 Å². The molecule has 2 fully saturated rings. The summed E-state index contributed by atoms with van der Waals surface area (Å²) in [5.41, 5.74) is 5.99. The molecule has 4 N–H and O–H groups in total. The zero-order valence-electron chi connectivity index (χ0n) is 44.2. The number of nitriles is 1. The maximum Gasteiger partial charge on any atom is 0.246 e. The zero-order chi connectivity index (χ0) is 54.5. The highest BCUT2D eigenvalue weighted by Gasteiger charge is 2.44. The minimum Gasteiger partial charge on any atom is -0.495 e. The number of aliphatic hydroxyl groups excluding tert-OH is 1. The summed E-state index contributed by atoms with van der Waals surface area (Å²) < 4.78 is 17.3. The van der Waals surface area contributed by atoms with Gasteiger partial charge in [-0.25, -0.2) is 4.98 Å². The number of methoxy groups -OCH3 is 2. The van der Waals surface area contributed by atoms with Crippen LogP contribution in [0.4, 0.5) is 11.4 Å². The van der Waals surface area contributed by atoms with E-state index in [1.165, 1.54) is 18.2 Å². The van der Waals surface area contributed by atoms with E-state index in [0.29, 0.717) is 87.7 Å². The average Bonchev–Trinajstić information content (AvgIpc) is 4.03. The van der Waals surface area contributed by atoms with Crippen molar-refractivity contribution in [3.8, 4) is 33.8 Å². The summed E-state index contributed by atoms with van der Waals surface area (Å²) in [5, 5.41) is 31.1. The smallest absolute Gasteiger partial charge is 0.246 e. The maximum absolute atomic E-state index is 14.1. The van der Waals surface area contributed by atoms with E-state index in [9.17, 15) is 29.5 Å². The predicted octanol–water partition coefficient (Wildman–Crippen LogP) is 9.06. The molecular formula is C56H69Cl2N9O8S. The Bertz CT molecular complexity index is 2880. The van der Waals surface area contributed by atoms with Gasteiger partial charge in [-0.3, -0.25) is 29.1 Å². The lowest BCUT2D eigenvalue weighted by Crippen LogP contribution is -2.57. The van der Waals surface area contributed by atoms with Gasteiger partial charge in [-0.2, -0.15) is 5.26 Å². The number of hydrogen-bond donors (Lipinski definition) is 4. The molecule has 0 spiro atoms. The summed E-state index contributed by atoms with van der Waals surface area (Å²) in [7, 11) is 3.07. The van der Waals surface area contributed by atoms with E-state index >= 15 is 0 Å². The van der Waals surface area contributed by atoms with Crippen molar-refractivity contribution in [1.29, 1.82) is 5.26 Å². The van der Waals surface area contributed by atoms with Gasteiger partial charge in [0.25, 0.3) is 0 Å². The van der Waals surface area contributed by atoms with Crippen LogP contribution in [0.2, 0.25) is 10.0 Å². The number of rotatable bonds is 23. The largest absolute Gasteiger partial charge is 0.495 e. The van der Waals surface area contributed by atoms with Crippen molar-refractivity contribution in [3.63, 3.8) is 0 Å². The fraction of sp³-hybridized carbons (Fsp3) is 0.482. The van der Waals surface area contributed by atoms with Crippen LogP contribution in [-0.4, -0.2) is 132 Å². The number of fused-ring (bicyclic) bond motifs is 1. The molecule has 3 atom stereocenters. The second-order valence-corrected chi connectivity index (χ2v) is 22.1. The molecule has 2 aromatic heterocycles. The van der Waals surface area contributed by atoms with Gasteiger partial charge in [-0.15, -0.1) is 11.3 Å². The minimum atomic E-state index is -0.885. The highest BCUT2D eigenvalue weighted by atomic mass is 35.5. The van der Waals surface area contributed by atoms with E-state index in [1.54, 1.807) is 42.7 Å². The number of likely N-dealkylation sites (tertiary alicyclic amines) is 1. The van der Waals surface area contributed by atoms with E-state index in [2.05, 4.69) is 36.9 Å². The number of nitrogens with one attached hydrogen (secondary N) is 3. The summed E-state index contributed by atoms with van der Waals surface area (Å²) in [4.78, 5) is 69.5. The number of amides is 4. The lowest BCUT2D eigenvalue weighted by Gasteiger charge is -2.35. The van der Waals surface area contributed by atoms with Crippen LogP contribution in [0, 0.1) is 23.7 Å². The molecule has 0 bridgehead atoms. The molecule has 0 saturated carbocycles. The number of carbonyl (C=O) groups is 4. The third-order valence-electron chi connectivity index (χ3n) is 13.9. The van der Waals surface area contributed by atoms with Crippen molar-refractivity contribution in [2.75, 3.05) is 65.4 Å². The number of anilines is 2. The van der Waals surface area contributed by atoms with Crippen LogP contribution in [0.1, 0.15) is 95.4 Å². The van der Waals surface area contributed by atoms with E-state index in [-0.39, 0.29) is 49.6 Å². The molecule has 0 unspecified atom stereocenters. The SMILES string of the molecule is COc1cc(Nc2c(C#N)cnc3cc(OCCCN4CCN(C(=O)CCCCCCCC(=O)N[C@H](C(=O)N5C[C@H](O)C[C@H]5C(=O)NCc5ccc(-c6scnc6C)cc5)C(C)(C)C)CC4)c(OC)cc23)c(Cl)cc1Cl. The Labute approximate surface area is 459 Å². The van der Waals surface area contributed by atoms with Crippen LogP contribution in [0.25, 0.3) is 21.3 Å². The normalized spacial score (nSPS) is 16.3. The Balaban J connectivity index is 0.775. The number of halogens is 2. The van der Waals surface area contributed by atoms with Gasteiger partial charge in [-0.05, 0) is 54.9 Å². The standard InChI is InChI=1S/C56H69Cl2N9O8S/c1-35-52(76-34-62-35)37-17-15-36(16-18-37)31-61-54(71)45-25-39(68)33-67(45)55(72)53(56(2,3)4)64-49(69)13-10-8-7-9-11-14-50(70)66-22-20-65(21-23-66)19-12-24-75-48-28-43-40(26-47(48)74-6)51(38(30-59)32-60-43)63-44-29-46(73-5)42(58)27-41(44)57/h15-18,26-29,32,34,39,45,53,68H,7-14,19-25,31,33H2,1-6H3,(H,60,63)(H,61,71)(H,64,69)/t39-,45+,53-/m1/s1. The molecule has 17 nitrogen and oxygen atoms in total. The number of carbonyl (C=O) groups excluding carboxylic acids is 4. The van der Waals surface area contributed by atoms with E-state index in [0.717, 1.165) is 73.4 Å². The van der Waals surface area contributed by atoms with Gasteiger partial charge < -0.3 is 45.1 Å². The Morgan fingerprint density at radius 1 is 0.895 bits per heavy atom. The Morgan fingerprint density at radius 2 is 1.61 bits per heavy atom. The van der Waals surface area contributed by atoms with Gasteiger partial charge in [-0.1, -0.05) is 87.5 Å². The predicted molar refractivity (Wildman–Crippen MR) is 296 cm³/mol. The Kier molecular flexibility index (Phi) is 20.2. The van der Waals surface area contributed by atoms with Crippen molar-refractivity contribution < 1.29 is 38.5 Å². The van der Waals surface area contributed by atoms with Crippen molar-refractivity contribution >= 4 is 80.4 Å². The number of nitrogens with zero attached hydrogens (tertiary/aromatic N) is 6. The average molecular weight is 1100 g/mol. The Morgan fingerprint density at radius 3 is 2.28 bits per heavy atom. The molecule has 0 radical (unpaired) electrons. The van der Waals surface area contributed by atoms with Crippen molar-refractivity contribution in [2.45, 2.75) is 110 Å². The molecule has 76 heavy (non-hydrogen) atoms. The molecule has 406 valence electrons. The number of β-amino-alcohol motifs (C(OH)–C–C–N with tert-alkyl or cyclic N) is 1. The number of unbranched alkanes of at least 4 members (excludes halogenated alkanes) is 4. The first-order valence-electron chi connectivity index (χ1n) is 25.9. The summed E-state index contributed by atoms with van der Waals surface area (Å²) in [6.07, 6.45) is 6.24. The van der Waals surface area contributed by atoms with Crippen LogP contribution < -0.4 is 30.2 Å². The topological polar surface area (TPSA) is 212 Å². The first-order chi connectivity index (χ1) is 36.5. The molecule has 4 heterocycles. The van der Waals surface area contributed by atoms with Crippen molar-refractivity contribution in [2.24, 2.45) is 5.41 Å². The summed E-state index contributed by atoms with van der Waals surface area (Å²) in [5.74, 6) is 0.626. The molecule has 20 heteroatoms. The fourth-order valence-corrected chi connectivity index (χ4v) is 10.9. The second kappa shape index (κ2) is 26.7. The van der Waals surface area contributed by atoms with Crippen LogP contribution >= 0.6 is 34.5 Å². The summed E-state index contributed by atoms with van der Waals surface area (Å²) in [6.45, 7) is 12.0. The molecule has 2 aliphatic rings. The molecule has 4 amide bonds. The Hall–Kier alpha value is -6.23. The van der Waals surface area contributed by atoms with E-state index in [4.69, 9.17) is 37.4 Å². The number of aliphatic hydroxyl groups is 1. The van der Waals surface area contributed by atoms with Gasteiger partial charge in [0.15, 0.2) is 11.5 Å². The quantitative estimate of drug-likeness (QED) is 0.0451. The number of hydrogen-bond acceptors (Lipinski definition) is 14. The third kappa shape index (κ3) is 14.8. The van der Waals surface area contributed by atoms with Gasteiger partial charge >= 0.3 is 0 Å². The molecule has 2 saturated heterocycles. The molecule has 0 aliphatic carbocycles. The van der Waals surface area contributed by atoms with Crippen molar-refractivity contribution in [1.82, 2.24) is 35.3 Å². The van der Waals surface area contributed by atoms with Gasteiger partial charge in [0, 0.05) is 88.8 Å². The zero-order valence-corrected chi connectivity index (χ0v) is 46.5. The van der Waals surface area contributed by atoms with E-state index in [1.807, 2.05) is 62.4 Å². The fourth-order valence-electron chi connectivity index (χ4n) is 9.56. The highest BCUT2D eigenvalue weighted by molar-refractivity contribution is 7.13. The lowest BCUT2D eigenvalue weighted by atomic mass is 9.85. The summed E-state index contributed by atoms with van der Waals surface area (Å²) in [6, 6.07) is 15.2. The van der Waals surface area contributed by atoms with Crippen LogP contribution in [-0.2, 0) is 25.7 Å². The van der Waals surface area contributed by atoms with E-state index < -0.39 is 23.6 Å². The number of pyridine rings is 1. The second-order valence-electron chi connectivity index (χ2n) is 20.4. The minimum absolute atomic E-state index is 0.0116.